The van der Waals surface area contributed by atoms with Crippen molar-refractivity contribution in [1.82, 2.24) is 0 Å². The van der Waals surface area contributed by atoms with Gasteiger partial charge in [-0.1, -0.05) is 12.1 Å². The van der Waals surface area contributed by atoms with E-state index < -0.39 is 0 Å². The minimum atomic E-state index is 0.293. The Balaban J connectivity index is 2.00. The molecule has 2 N–H and O–H groups in total. The van der Waals surface area contributed by atoms with Crippen LogP contribution >= 0.6 is 11.8 Å². The minimum absolute atomic E-state index is 0.293. The Morgan fingerprint density at radius 2 is 2.20 bits per heavy atom. The van der Waals surface area contributed by atoms with Crippen molar-refractivity contribution in [2.45, 2.75) is 42.5 Å². The van der Waals surface area contributed by atoms with E-state index in [0.29, 0.717) is 11.5 Å². The molecule has 2 aliphatic rings. The molecule has 1 saturated carbocycles. The van der Waals surface area contributed by atoms with Gasteiger partial charge >= 0.3 is 0 Å². The average molecular weight is 219 g/mol. The van der Waals surface area contributed by atoms with Crippen LogP contribution in [0.4, 0.5) is 0 Å². The topological polar surface area (TPSA) is 26.0 Å². The maximum atomic E-state index is 6.10. The van der Waals surface area contributed by atoms with Gasteiger partial charge in [0, 0.05) is 22.1 Å². The number of hydrogen-bond acceptors (Lipinski definition) is 2. The Labute approximate surface area is 95.4 Å². The van der Waals surface area contributed by atoms with Crippen LogP contribution in [0.25, 0.3) is 0 Å². The van der Waals surface area contributed by atoms with Crippen LogP contribution in [0.1, 0.15) is 30.9 Å². The lowest BCUT2D eigenvalue weighted by Gasteiger charge is -2.20. The maximum Gasteiger partial charge on any atom is 0.0108 e. The van der Waals surface area contributed by atoms with E-state index >= 15 is 0 Å². The van der Waals surface area contributed by atoms with Gasteiger partial charge in [0.25, 0.3) is 0 Å². The Morgan fingerprint density at radius 1 is 1.40 bits per heavy atom. The van der Waals surface area contributed by atoms with E-state index in [1.54, 1.807) is 0 Å². The number of benzene rings is 1. The van der Waals surface area contributed by atoms with Crippen LogP contribution in [0.2, 0.25) is 0 Å². The molecule has 15 heavy (non-hydrogen) atoms. The monoisotopic (exact) mass is 219 g/mol. The van der Waals surface area contributed by atoms with Gasteiger partial charge in [0.2, 0.25) is 0 Å². The molecule has 80 valence electrons. The van der Waals surface area contributed by atoms with E-state index in [1.165, 1.54) is 41.0 Å². The van der Waals surface area contributed by atoms with Crippen LogP contribution in [0.3, 0.4) is 0 Å². The minimum Gasteiger partial charge on any atom is -0.327 e. The van der Waals surface area contributed by atoms with Gasteiger partial charge in [0.15, 0.2) is 0 Å². The van der Waals surface area contributed by atoms with Crippen LogP contribution in [0, 0.1) is 0 Å². The first-order valence-corrected chi connectivity index (χ1v) is 6.73. The van der Waals surface area contributed by atoms with Crippen LogP contribution in [-0.4, -0.2) is 11.8 Å². The second-order valence-electron chi connectivity index (χ2n) is 4.87. The molecule has 0 amide bonds. The van der Waals surface area contributed by atoms with Crippen molar-refractivity contribution in [3.63, 3.8) is 0 Å². The number of rotatable bonds is 2. The van der Waals surface area contributed by atoms with Crippen molar-refractivity contribution in [2.24, 2.45) is 5.73 Å². The third-order valence-corrected chi connectivity index (χ3v) is 5.03. The highest BCUT2D eigenvalue weighted by atomic mass is 32.2. The zero-order valence-corrected chi connectivity index (χ0v) is 9.94. The summed E-state index contributed by atoms with van der Waals surface area (Å²) in [5, 5.41) is 0. The van der Waals surface area contributed by atoms with Gasteiger partial charge < -0.3 is 5.73 Å². The van der Waals surface area contributed by atoms with Crippen molar-refractivity contribution in [3.8, 4) is 0 Å². The van der Waals surface area contributed by atoms with E-state index in [0.717, 1.165) is 0 Å². The normalized spacial score (nSPS) is 23.6. The summed E-state index contributed by atoms with van der Waals surface area (Å²) in [6, 6.07) is 7.30. The molecule has 1 unspecified atom stereocenters. The third kappa shape index (κ3) is 1.42. The molecule has 0 aromatic heterocycles. The fourth-order valence-electron chi connectivity index (χ4n) is 2.62. The molecule has 1 atom stereocenters. The molecule has 0 spiro atoms. The molecule has 1 aliphatic heterocycles. The van der Waals surface area contributed by atoms with E-state index in [2.05, 4.69) is 25.1 Å². The number of fused-ring (bicyclic) bond motifs is 1. The van der Waals surface area contributed by atoms with E-state index in [-0.39, 0.29) is 0 Å². The first kappa shape index (κ1) is 9.73. The van der Waals surface area contributed by atoms with Crippen molar-refractivity contribution in [3.05, 3.63) is 29.3 Å². The molecule has 2 heteroatoms. The van der Waals surface area contributed by atoms with Gasteiger partial charge in [-0.05, 0) is 43.4 Å². The molecule has 0 saturated heterocycles. The molecular formula is C13H17NS. The van der Waals surface area contributed by atoms with E-state index in [4.69, 9.17) is 5.73 Å². The summed E-state index contributed by atoms with van der Waals surface area (Å²) in [5.74, 6) is 1.25. The maximum absolute atomic E-state index is 6.10. The number of aryl methyl sites for hydroxylation is 1. The predicted octanol–water partition coefficient (Wildman–Crippen LogP) is 2.71. The van der Waals surface area contributed by atoms with Gasteiger partial charge in [0.05, 0.1) is 0 Å². The predicted molar refractivity (Wildman–Crippen MR) is 65.4 cm³/mol. The summed E-state index contributed by atoms with van der Waals surface area (Å²) < 4.78 is 0. The zero-order valence-electron chi connectivity index (χ0n) is 9.12. The summed E-state index contributed by atoms with van der Waals surface area (Å²) in [7, 11) is 0. The van der Waals surface area contributed by atoms with Gasteiger partial charge in [-0.3, -0.25) is 0 Å². The van der Waals surface area contributed by atoms with E-state index in [1.807, 2.05) is 11.8 Å². The molecule has 0 radical (unpaired) electrons. The summed E-state index contributed by atoms with van der Waals surface area (Å²) in [6.45, 7) is 2.15. The fourth-order valence-corrected chi connectivity index (χ4v) is 3.73. The molecule has 1 aromatic rings. The third-order valence-electron chi connectivity index (χ3n) is 3.93. The smallest absolute Gasteiger partial charge is 0.0108 e. The quantitative estimate of drug-likeness (QED) is 0.827. The molecular weight excluding hydrogens is 202 g/mol. The van der Waals surface area contributed by atoms with Gasteiger partial charge in [-0.25, -0.2) is 0 Å². The molecule has 1 heterocycles. The highest BCUT2D eigenvalue weighted by Crippen LogP contribution is 2.51. The Hall–Kier alpha value is -0.470. The summed E-state index contributed by atoms with van der Waals surface area (Å²) in [5.41, 5.74) is 9.43. The largest absolute Gasteiger partial charge is 0.327 e. The first-order chi connectivity index (χ1) is 7.22. The van der Waals surface area contributed by atoms with Crippen molar-refractivity contribution in [1.29, 1.82) is 0 Å². The van der Waals surface area contributed by atoms with Crippen LogP contribution in [0.5, 0.6) is 0 Å². The lowest BCUT2D eigenvalue weighted by atomic mass is 9.89. The number of thioether (sulfide) groups is 1. The van der Waals surface area contributed by atoms with Gasteiger partial charge in [-0.15, -0.1) is 11.8 Å². The molecule has 1 aromatic carbocycles. The lowest BCUT2D eigenvalue weighted by molar-refractivity contribution is 0.555. The van der Waals surface area contributed by atoms with Crippen LogP contribution in [0.15, 0.2) is 23.1 Å². The van der Waals surface area contributed by atoms with Gasteiger partial charge in [0.1, 0.15) is 0 Å². The Morgan fingerprint density at radius 3 is 2.87 bits per heavy atom. The average Bonchev–Trinajstić information content (AvgIpc) is 2.91. The Kier molecular flexibility index (Phi) is 2.12. The van der Waals surface area contributed by atoms with Crippen molar-refractivity contribution >= 4 is 11.8 Å². The molecule has 1 fully saturated rings. The summed E-state index contributed by atoms with van der Waals surface area (Å²) in [6.07, 6.45) is 3.79. The number of nitrogens with two attached hydrogens (primary N) is 1. The SMILES string of the molecule is CC(N)C1(c2ccc3c(c2)SCC3)CC1. The number of hydrogen-bond donors (Lipinski definition) is 1. The first-order valence-electron chi connectivity index (χ1n) is 5.74. The molecule has 1 nitrogen and oxygen atoms in total. The van der Waals surface area contributed by atoms with Crippen molar-refractivity contribution in [2.75, 3.05) is 5.75 Å². The second-order valence-corrected chi connectivity index (χ2v) is 6.00. The fraction of sp³-hybridized carbons (Fsp3) is 0.538. The highest BCUT2D eigenvalue weighted by Gasteiger charge is 2.47. The van der Waals surface area contributed by atoms with E-state index in [9.17, 15) is 0 Å². The molecule has 1 aliphatic carbocycles. The summed E-state index contributed by atoms with van der Waals surface area (Å²) >= 11 is 2.00. The zero-order chi connectivity index (χ0) is 10.5. The summed E-state index contributed by atoms with van der Waals surface area (Å²) in [4.78, 5) is 1.50. The van der Waals surface area contributed by atoms with Crippen molar-refractivity contribution < 1.29 is 0 Å². The highest BCUT2D eigenvalue weighted by molar-refractivity contribution is 7.99. The standard InChI is InChI=1S/C13H17NS/c1-9(14)13(5-6-13)11-3-2-10-4-7-15-12(10)8-11/h2-3,8-9H,4-7,14H2,1H3. The molecule has 3 rings (SSSR count). The van der Waals surface area contributed by atoms with Crippen LogP contribution < -0.4 is 5.73 Å². The lowest BCUT2D eigenvalue weighted by Crippen LogP contribution is -2.31. The Bertz CT molecular complexity index is 394. The van der Waals surface area contributed by atoms with Gasteiger partial charge in [-0.2, -0.15) is 0 Å². The van der Waals surface area contributed by atoms with Crippen LogP contribution in [-0.2, 0) is 11.8 Å². The second kappa shape index (κ2) is 3.26. The molecule has 0 bridgehead atoms.